The molecular weight excluding hydrogens is 226 g/mol. The van der Waals surface area contributed by atoms with E-state index in [9.17, 15) is 4.79 Å². The quantitative estimate of drug-likeness (QED) is 0.745. The Bertz CT molecular complexity index is 270. The monoisotopic (exact) mass is 253 g/mol. The van der Waals surface area contributed by atoms with Crippen molar-refractivity contribution in [3.8, 4) is 0 Å². The topological polar surface area (TPSA) is 44.4 Å². The molecule has 4 nitrogen and oxygen atoms in total. The fraction of sp³-hybridized carbons (Fsp3) is 0.929. The van der Waals surface area contributed by atoms with Crippen molar-refractivity contribution in [1.29, 1.82) is 0 Å². The first-order valence-electron chi connectivity index (χ1n) is 7.48. The van der Waals surface area contributed by atoms with Crippen molar-refractivity contribution in [2.24, 2.45) is 0 Å². The highest BCUT2D eigenvalue weighted by atomic mass is 16.2. The fourth-order valence-electron chi connectivity index (χ4n) is 2.55. The van der Waals surface area contributed by atoms with E-state index in [-0.39, 0.29) is 11.9 Å². The molecule has 4 heteroatoms. The van der Waals surface area contributed by atoms with Gasteiger partial charge >= 0.3 is 0 Å². The molecule has 1 saturated heterocycles. The van der Waals surface area contributed by atoms with Gasteiger partial charge in [-0.05, 0) is 45.6 Å². The summed E-state index contributed by atoms with van der Waals surface area (Å²) in [5, 5.41) is 6.68. The molecule has 1 amide bonds. The van der Waals surface area contributed by atoms with Gasteiger partial charge in [-0.1, -0.05) is 6.92 Å². The number of nitrogens with zero attached hydrogens (tertiary/aromatic N) is 1. The van der Waals surface area contributed by atoms with Crippen molar-refractivity contribution in [2.75, 3.05) is 19.6 Å². The first-order valence-corrected chi connectivity index (χ1v) is 7.48. The minimum absolute atomic E-state index is 0.0396. The molecule has 104 valence electrons. The lowest BCUT2D eigenvalue weighted by Gasteiger charge is -2.35. The van der Waals surface area contributed by atoms with Crippen LogP contribution in [0.15, 0.2) is 0 Å². The van der Waals surface area contributed by atoms with Crippen molar-refractivity contribution in [3.63, 3.8) is 0 Å². The van der Waals surface area contributed by atoms with Crippen molar-refractivity contribution in [3.05, 3.63) is 0 Å². The van der Waals surface area contributed by atoms with Gasteiger partial charge in [-0.2, -0.15) is 0 Å². The second-order valence-electron chi connectivity index (χ2n) is 5.72. The number of likely N-dealkylation sites (tertiary alicyclic amines) is 1. The van der Waals surface area contributed by atoms with Crippen LogP contribution in [0.3, 0.4) is 0 Å². The third-order valence-electron chi connectivity index (χ3n) is 4.06. The highest BCUT2D eigenvalue weighted by molar-refractivity contribution is 5.81. The second kappa shape index (κ2) is 6.53. The molecule has 0 aromatic heterocycles. The summed E-state index contributed by atoms with van der Waals surface area (Å²) in [6, 6.07) is 1.17. The van der Waals surface area contributed by atoms with Crippen LogP contribution in [0.1, 0.15) is 46.0 Å². The molecule has 1 heterocycles. The third kappa shape index (κ3) is 3.95. The molecule has 0 spiro atoms. The zero-order valence-electron chi connectivity index (χ0n) is 11.7. The maximum atomic E-state index is 12.0. The summed E-state index contributed by atoms with van der Waals surface area (Å²) in [6.45, 7) is 7.44. The normalized spacial score (nSPS) is 23.9. The number of rotatable bonds is 6. The molecule has 2 aliphatic rings. The van der Waals surface area contributed by atoms with Crippen LogP contribution in [-0.4, -0.2) is 48.6 Å². The maximum Gasteiger partial charge on any atom is 0.237 e. The van der Waals surface area contributed by atoms with E-state index in [4.69, 9.17) is 0 Å². The average molecular weight is 253 g/mol. The largest absolute Gasteiger partial charge is 0.352 e. The molecule has 2 fully saturated rings. The third-order valence-corrected chi connectivity index (χ3v) is 4.06. The molecule has 1 unspecified atom stereocenters. The molecule has 1 saturated carbocycles. The summed E-state index contributed by atoms with van der Waals surface area (Å²) in [4.78, 5) is 14.3. The summed E-state index contributed by atoms with van der Waals surface area (Å²) in [7, 11) is 0. The van der Waals surface area contributed by atoms with Gasteiger partial charge in [-0.3, -0.25) is 9.69 Å². The zero-order chi connectivity index (χ0) is 13.0. The predicted octanol–water partition coefficient (Wildman–Crippen LogP) is 1.12. The Morgan fingerprint density at radius 1 is 1.22 bits per heavy atom. The zero-order valence-corrected chi connectivity index (χ0v) is 11.7. The molecule has 1 aliphatic carbocycles. The molecule has 1 aliphatic heterocycles. The summed E-state index contributed by atoms with van der Waals surface area (Å²) in [6.07, 6.45) is 5.87. The summed E-state index contributed by atoms with van der Waals surface area (Å²) < 4.78 is 0. The van der Waals surface area contributed by atoms with Crippen LogP contribution >= 0.6 is 0 Å². The molecule has 18 heavy (non-hydrogen) atoms. The Labute approximate surface area is 110 Å². The second-order valence-corrected chi connectivity index (χ2v) is 5.72. The fourth-order valence-corrected chi connectivity index (χ4v) is 2.55. The number of amides is 1. The molecule has 0 bridgehead atoms. The Hall–Kier alpha value is -0.610. The molecule has 1 atom stereocenters. The predicted molar refractivity (Wildman–Crippen MR) is 73.5 cm³/mol. The lowest BCUT2D eigenvalue weighted by molar-refractivity contribution is -0.126. The van der Waals surface area contributed by atoms with E-state index in [0.29, 0.717) is 12.1 Å². The Balaban J connectivity index is 1.69. The number of hydrogen-bond acceptors (Lipinski definition) is 3. The van der Waals surface area contributed by atoms with Gasteiger partial charge in [0.25, 0.3) is 0 Å². The van der Waals surface area contributed by atoms with Gasteiger partial charge in [0.1, 0.15) is 0 Å². The van der Waals surface area contributed by atoms with Gasteiger partial charge in [-0.25, -0.2) is 0 Å². The van der Waals surface area contributed by atoms with Crippen molar-refractivity contribution in [2.45, 2.75) is 64.1 Å². The summed E-state index contributed by atoms with van der Waals surface area (Å²) >= 11 is 0. The highest BCUT2D eigenvalue weighted by Gasteiger charge is 2.30. The Kier molecular flexibility index (Phi) is 5.01. The number of piperidine rings is 1. The summed E-state index contributed by atoms with van der Waals surface area (Å²) in [5.74, 6) is 0.220. The van der Waals surface area contributed by atoms with Crippen LogP contribution in [0.2, 0.25) is 0 Å². The van der Waals surface area contributed by atoms with Crippen molar-refractivity contribution >= 4 is 5.91 Å². The smallest absolute Gasteiger partial charge is 0.237 e. The Morgan fingerprint density at radius 3 is 2.44 bits per heavy atom. The highest BCUT2D eigenvalue weighted by Crippen LogP contribution is 2.20. The van der Waals surface area contributed by atoms with E-state index in [2.05, 4.69) is 22.5 Å². The maximum absolute atomic E-state index is 12.0. The van der Waals surface area contributed by atoms with Gasteiger partial charge in [0, 0.05) is 25.2 Å². The van der Waals surface area contributed by atoms with E-state index < -0.39 is 0 Å². The van der Waals surface area contributed by atoms with Crippen molar-refractivity contribution < 1.29 is 4.79 Å². The van der Waals surface area contributed by atoms with Gasteiger partial charge in [0.2, 0.25) is 5.91 Å². The molecule has 2 rings (SSSR count). The standard InChI is InChI=1S/C14H27N3O/c1-3-8-15-12-6-9-17(10-7-12)11(2)14(18)16-13-4-5-13/h11-13,15H,3-10H2,1-2H3,(H,16,18). The van der Waals surface area contributed by atoms with Crippen LogP contribution in [0.4, 0.5) is 0 Å². The van der Waals surface area contributed by atoms with Crippen LogP contribution in [0, 0.1) is 0 Å². The van der Waals surface area contributed by atoms with Gasteiger partial charge in [-0.15, -0.1) is 0 Å². The minimum atomic E-state index is 0.0396. The molecule has 0 aromatic rings. The number of carbonyl (C=O) groups excluding carboxylic acids is 1. The number of nitrogens with one attached hydrogen (secondary N) is 2. The number of hydrogen-bond donors (Lipinski definition) is 2. The first-order chi connectivity index (χ1) is 8.70. The lowest BCUT2D eigenvalue weighted by atomic mass is 10.0. The van der Waals surface area contributed by atoms with Crippen LogP contribution < -0.4 is 10.6 Å². The van der Waals surface area contributed by atoms with E-state index >= 15 is 0 Å². The molecule has 2 N–H and O–H groups in total. The van der Waals surface area contributed by atoms with Crippen molar-refractivity contribution in [1.82, 2.24) is 15.5 Å². The van der Waals surface area contributed by atoms with E-state index in [1.165, 1.54) is 32.1 Å². The van der Waals surface area contributed by atoms with Gasteiger partial charge < -0.3 is 10.6 Å². The van der Waals surface area contributed by atoms with Gasteiger partial charge in [0.05, 0.1) is 6.04 Å². The summed E-state index contributed by atoms with van der Waals surface area (Å²) in [5.41, 5.74) is 0. The first kappa shape index (κ1) is 13.8. The van der Waals surface area contributed by atoms with Gasteiger partial charge in [0.15, 0.2) is 0 Å². The van der Waals surface area contributed by atoms with Crippen LogP contribution in [0.5, 0.6) is 0 Å². The average Bonchev–Trinajstić information content (AvgIpc) is 3.20. The number of carbonyl (C=O) groups is 1. The molecular formula is C14H27N3O. The van der Waals surface area contributed by atoms with E-state index in [1.807, 2.05) is 6.92 Å². The lowest BCUT2D eigenvalue weighted by Crippen LogP contribution is -2.51. The molecule has 0 radical (unpaired) electrons. The van der Waals surface area contributed by atoms with E-state index in [0.717, 1.165) is 19.6 Å². The minimum Gasteiger partial charge on any atom is -0.352 e. The SMILES string of the molecule is CCCNC1CCN(C(C)C(=O)NC2CC2)CC1. The Morgan fingerprint density at radius 2 is 1.89 bits per heavy atom. The van der Waals surface area contributed by atoms with Crippen LogP contribution in [-0.2, 0) is 4.79 Å². The van der Waals surface area contributed by atoms with Crippen LogP contribution in [0.25, 0.3) is 0 Å². The van der Waals surface area contributed by atoms with E-state index in [1.54, 1.807) is 0 Å². The molecule has 0 aromatic carbocycles.